The summed E-state index contributed by atoms with van der Waals surface area (Å²) >= 11 is 0. The Hall–Kier alpha value is -3.32. The van der Waals surface area contributed by atoms with E-state index in [1.165, 1.54) is 0 Å². The van der Waals surface area contributed by atoms with Crippen LogP contribution in [0, 0.1) is 20.8 Å². The molecule has 0 atom stereocenters. The van der Waals surface area contributed by atoms with Crippen molar-refractivity contribution in [2.45, 2.75) is 39.0 Å². The standard InChI is InChI=1S/C25H25NO5S/c1-5-12-30-25(27)23-17(4)31-24-19-9-7-6-8-18(19)21(14-20(23)24)26-32(28,29)22-13-15(2)10-11-16(22)3/h6-11,13-14,26H,5,12H2,1-4H3. The molecular weight excluding hydrogens is 426 g/mol. The number of furan rings is 1. The molecule has 0 unspecified atom stereocenters. The van der Waals surface area contributed by atoms with E-state index in [-0.39, 0.29) is 4.90 Å². The fourth-order valence-electron chi connectivity index (χ4n) is 3.84. The monoisotopic (exact) mass is 451 g/mol. The number of aryl methyl sites for hydroxylation is 3. The number of esters is 1. The van der Waals surface area contributed by atoms with Gasteiger partial charge in [0.25, 0.3) is 10.0 Å². The predicted molar refractivity (Wildman–Crippen MR) is 126 cm³/mol. The highest BCUT2D eigenvalue weighted by molar-refractivity contribution is 7.92. The third-order valence-corrected chi connectivity index (χ3v) is 6.90. The summed E-state index contributed by atoms with van der Waals surface area (Å²) < 4.78 is 40.6. The van der Waals surface area contributed by atoms with Crippen LogP contribution in [0.25, 0.3) is 21.7 Å². The fraction of sp³-hybridized carbons (Fsp3) is 0.240. The van der Waals surface area contributed by atoms with Crippen LogP contribution in [-0.4, -0.2) is 21.0 Å². The van der Waals surface area contributed by atoms with Crippen LogP contribution in [0.5, 0.6) is 0 Å². The van der Waals surface area contributed by atoms with Crippen molar-refractivity contribution in [2.75, 3.05) is 11.3 Å². The first-order valence-electron chi connectivity index (χ1n) is 10.4. The van der Waals surface area contributed by atoms with Gasteiger partial charge in [-0.15, -0.1) is 0 Å². The first-order valence-corrected chi connectivity index (χ1v) is 11.9. The van der Waals surface area contributed by atoms with Gasteiger partial charge in [0.15, 0.2) is 0 Å². The van der Waals surface area contributed by atoms with E-state index in [1.54, 1.807) is 32.0 Å². The Morgan fingerprint density at radius 1 is 1.00 bits per heavy atom. The molecule has 0 bridgehead atoms. The summed E-state index contributed by atoms with van der Waals surface area (Å²) in [6, 6.07) is 14.3. The molecule has 6 nitrogen and oxygen atoms in total. The summed E-state index contributed by atoms with van der Waals surface area (Å²) in [4.78, 5) is 12.9. The maximum absolute atomic E-state index is 13.3. The summed E-state index contributed by atoms with van der Waals surface area (Å²) in [5.41, 5.74) is 2.71. The highest BCUT2D eigenvalue weighted by Crippen LogP contribution is 2.38. The van der Waals surface area contributed by atoms with Crippen LogP contribution < -0.4 is 4.72 Å². The summed E-state index contributed by atoms with van der Waals surface area (Å²) in [5.74, 6) is -0.0532. The van der Waals surface area contributed by atoms with E-state index >= 15 is 0 Å². The molecule has 0 saturated carbocycles. The summed E-state index contributed by atoms with van der Waals surface area (Å²) in [5, 5.41) is 1.90. The first kappa shape index (κ1) is 21.9. The van der Waals surface area contributed by atoms with Gasteiger partial charge < -0.3 is 9.15 Å². The lowest BCUT2D eigenvalue weighted by Gasteiger charge is -2.14. The second kappa shape index (κ2) is 8.31. The highest BCUT2D eigenvalue weighted by Gasteiger charge is 2.24. The van der Waals surface area contributed by atoms with Gasteiger partial charge >= 0.3 is 5.97 Å². The number of sulfonamides is 1. The molecule has 0 radical (unpaired) electrons. The van der Waals surface area contributed by atoms with Gasteiger partial charge in [-0.3, -0.25) is 4.72 Å². The quantitative estimate of drug-likeness (QED) is 0.370. The lowest BCUT2D eigenvalue weighted by molar-refractivity contribution is 0.0505. The molecule has 0 aliphatic carbocycles. The van der Waals surface area contributed by atoms with E-state index in [2.05, 4.69) is 4.72 Å². The van der Waals surface area contributed by atoms with E-state index in [4.69, 9.17) is 9.15 Å². The Bertz CT molecular complexity index is 1450. The van der Waals surface area contributed by atoms with Crippen molar-refractivity contribution in [3.8, 4) is 0 Å². The van der Waals surface area contributed by atoms with Gasteiger partial charge in [-0.1, -0.05) is 43.3 Å². The number of carbonyl (C=O) groups is 1. The summed E-state index contributed by atoms with van der Waals surface area (Å²) in [6.45, 7) is 7.53. The molecule has 166 valence electrons. The molecule has 0 amide bonds. The lowest BCUT2D eigenvalue weighted by Crippen LogP contribution is -2.15. The number of nitrogens with one attached hydrogen (secondary N) is 1. The minimum atomic E-state index is -3.86. The van der Waals surface area contributed by atoms with Crippen molar-refractivity contribution in [3.63, 3.8) is 0 Å². The Labute approximate surface area is 187 Å². The maximum atomic E-state index is 13.3. The van der Waals surface area contributed by atoms with Crippen LogP contribution in [0.15, 0.2) is 57.8 Å². The Kier molecular flexibility index (Phi) is 5.69. The van der Waals surface area contributed by atoms with Gasteiger partial charge in [0.05, 0.1) is 17.2 Å². The van der Waals surface area contributed by atoms with Crippen molar-refractivity contribution in [1.29, 1.82) is 0 Å². The summed E-state index contributed by atoms with van der Waals surface area (Å²) in [7, 11) is -3.86. The number of hydrogen-bond donors (Lipinski definition) is 1. The normalized spacial score (nSPS) is 11.8. The molecule has 1 N–H and O–H groups in total. The highest BCUT2D eigenvalue weighted by atomic mass is 32.2. The molecule has 0 aliphatic rings. The van der Waals surface area contributed by atoms with Crippen LogP contribution >= 0.6 is 0 Å². The van der Waals surface area contributed by atoms with Crippen molar-refractivity contribution in [1.82, 2.24) is 0 Å². The van der Waals surface area contributed by atoms with E-state index in [1.807, 2.05) is 44.2 Å². The van der Waals surface area contributed by atoms with Crippen LogP contribution in [0.4, 0.5) is 5.69 Å². The van der Waals surface area contributed by atoms with E-state index in [9.17, 15) is 13.2 Å². The second-order valence-electron chi connectivity index (χ2n) is 7.89. The third kappa shape index (κ3) is 3.84. The van der Waals surface area contributed by atoms with Crippen molar-refractivity contribution >= 4 is 43.4 Å². The molecule has 4 aromatic rings. The average molecular weight is 452 g/mol. The van der Waals surface area contributed by atoms with Crippen molar-refractivity contribution < 1.29 is 22.4 Å². The molecule has 0 aliphatic heterocycles. The third-order valence-electron chi connectivity index (χ3n) is 5.39. The predicted octanol–water partition coefficient (Wildman–Crippen LogP) is 5.88. The Morgan fingerprint density at radius 2 is 1.72 bits per heavy atom. The molecule has 1 aromatic heterocycles. The van der Waals surface area contributed by atoms with Gasteiger partial charge in [-0.05, 0) is 50.5 Å². The maximum Gasteiger partial charge on any atom is 0.342 e. The summed E-state index contributed by atoms with van der Waals surface area (Å²) in [6.07, 6.45) is 0.699. The number of benzene rings is 3. The second-order valence-corrected chi connectivity index (χ2v) is 9.54. The molecule has 7 heteroatoms. The molecule has 0 fully saturated rings. The molecule has 1 heterocycles. The van der Waals surface area contributed by atoms with Crippen LogP contribution in [-0.2, 0) is 14.8 Å². The molecule has 3 aromatic carbocycles. The minimum Gasteiger partial charge on any atom is -0.462 e. The minimum absolute atomic E-state index is 0.215. The number of rotatable bonds is 6. The number of ether oxygens (including phenoxy) is 1. The largest absolute Gasteiger partial charge is 0.462 e. The van der Waals surface area contributed by atoms with Gasteiger partial charge in [0, 0.05) is 16.2 Å². The molecule has 4 rings (SSSR count). The first-order chi connectivity index (χ1) is 15.2. The van der Waals surface area contributed by atoms with E-state index in [0.717, 1.165) is 5.56 Å². The van der Waals surface area contributed by atoms with Crippen LogP contribution in [0.2, 0.25) is 0 Å². The van der Waals surface area contributed by atoms with Gasteiger partial charge in [0.1, 0.15) is 16.9 Å². The van der Waals surface area contributed by atoms with Gasteiger partial charge in [-0.25, -0.2) is 13.2 Å². The zero-order valence-electron chi connectivity index (χ0n) is 18.5. The molecule has 32 heavy (non-hydrogen) atoms. The lowest BCUT2D eigenvalue weighted by atomic mass is 10.0. The van der Waals surface area contributed by atoms with Crippen LogP contribution in [0.3, 0.4) is 0 Å². The van der Waals surface area contributed by atoms with Gasteiger partial charge in [0.2, 0.25) is 0 Å². The fourth-order valence-corrected chi connectivity index (χ4v) is 5.24. The van der Waals surface area contributed by atoms with Crippen molar-refractivity contribution in [3.05, 3.63) is 71.0 Å². The van der Waals surface area contributed by atoms with Crippen molar-refractivity contribution in [2.24, 2.45) is 0 Å². The smallest absolute Gasteiger partial charge is 0.342 e. The van der Waals surface area contributed by atoms with E-state index < -0.39 is 16.0 Å². The topological polar surface area (TPSA) is 85.6 Å². The number of fused-ring (bicyclic) bond motifs is 3. The van der Waals surface area contributed by atoms with Crippen LogP contribution in [0.1, 0.15) is 40.6 Å². The molecule has 0 spiro atoms. The molecule has 0 saturated heterocycles. The van der Waals surface area contributed by atoms with Gasteiger partial charge in [-0.2, -0.15) is 0 Å². The molecular formula is C25H25NO5S. The zero-order valence-corrected chi connectivity index (χ0v) is 19.3. The van der Waals surface area contributed by atoms with E-state index in [0.29, 0.717) is 57.3 Å². The Morgan fingerprint density at radius 3 is 2.44 bits per heavy atom. The Balaban J connectivity index is 1.92. The SMILES string of the molecule is CCCOC(=O)c1c(C)oc2c1cc(NS(=O)(=O)c1cc(C)ccc1C)c1ccccc12. The number of hydrogen-bond acceptors (Lipinski definition) is 5. The average Bonchev–Trinajstić information content (AvgIpc) is 3.09. The number of anilines is 1. The number of carbonyl (C=O) groups excluding carboxylic acids is 1. The zero-order chi connectivity index (χ0) is 23.0.